The number of methoxy groups -OCH3 is 3. The van der Waals surface area contributed by atoms with Crippen LogP contribution < -0.4 is 54.2 Å². The number of fused-ring (bicyclic) bond motifs is 4. The molecule has 13 N–H and O–H groups in total. The average molecular weight is 1500 g/mol. The van der Waals surface area contributed by atoms with Crippen LogP contribution in [0.25, 0.3) is 0 Å². The first-order chi connectivity index (χ1) is 51.2. The fourth-order valence-corrected chi connectivity index (χ4v) is 12.9. The lowest BCUT2D eigenvalue weighted by Crippen LogP contribution is -2.61. The number of carbonyl (C=O) groups excluding carboxylic acids is 6. The summed E-state index contributed by atoms with van der Waals surface area (Å²) >= 11 is 0. The third-order valence-electron chi connectivity index (χ3n) is 18.3. The Morgan fingerprint density at radius 2 is 0.944 bits per heavy atom. The summed E-state index contributed by atoms with van der Waals surface area (Å²) in [6.45, 7) is 7.33. The Balaban J connectivity index is 0.824. The molecule has 4 fully saturated rings. The molecule has 10 rings (SSSR count). The fourth-order valence-electron chi connectivity index (χ4n) is 12.9. The van der Waals surface area contributed by atoms with E-state index in [9.17, 15) is 89.4 Å². The van der Waals surface area contributed by atoms with E-state index in [1.54, 1.807) is 7.05 Å². The molecule has 0 aromatic heterocycles. The molecule has 37 nitrogen and oxygen atoms in total. The molecule has 0 aliphatic carbocycles. The zero-order valence-electron chi connectivity index (χ0n) is 58.5. The molecule has 6 aliphatic heterocycles. The standard InChI is InChI=1S/C70H85N7O30/c1-33-20-43-63(88)76(69(94)102-30-35-10-12-45(39(22-35)59(84)72-14-18-96-4)104-67-55(82)51(78)53(80)57(106-67)65(90)91)41-26-49(47(97-5)24-37(41)61(86)74(43)28-33)100-16-8-7-9-17-101-50-27-42-38(25-48(50)98-6)62(87)75-29-34(2)21-44(75)64(89)77(42)70(95)103-31-36-11-13-46(40(23-36)60(85)73-15-19-99-32-71-3)105-68-56(83)52(79)54(81)58(107-68)66(92)93/h10-13,22-27,43-44,51-58,63-64,67-68,71,78-83,88-89H,1-2,7-9,14-21,28-32H2,3-6H3,(H,72,84)(H,73,85)(H,90,91)(H,92,93)/t43-,44-,51-,52-,53-,54-,55+,56+,57-,58-,63?,64?,67+,68+/m0/s1. The molecule has 4 aromatic rings. The van der Waals surface area contributed by atoms with Crippen LogP contribution in [-0.2, 0) is 51.2 Å². The third-order valence-corrected chi connectivity index (χ3v) is 18.3. The minimum absolute atomic E-state index is 0.00312. The fraction of sp³-hybridized carbons (Fsp3) is 0.486. The van der Waals surface area contributed by atoms with Gasteiger partial charge in [0.2, 0.25) is 12.6 Å². The lowest BCUT2D eigenvalue weighted by atomic mass is 9.99. The van der Waals surface area contributed by atoms with Gasteiger partial charge in [-0.1, -0.05) is 36.4 Å². The van der Waals surface area contributed by atoms with Crippen molar-refractivity contribution >= 4 is 59.1 Å². The third kappa shape index (κ3) is 17.5. The number of aliphatic hydroxyl groups is 8. The Bertz CT molecular complexity index is 3990. The maximum atomic E-state index is 14.6. The Kier molecular flexibility index (Phi) is 26.1. The second-order valence-electron chi connectivity index (χ2n) is 25.7. The predicted octanol–water partition coefficient (Wildman–Crippen LogP) is -0.335. The minimum Gasteiger partial charge on any atom is -0.493 e. The largest absolute Gasteiger partial charge is 0.493 e. The summed E-state index contributed by atoms with van der Waals surface area (Å²) in [5.74, 6) is -6.32. The minimum atomic E-state index is -2.04. The summed E-state index contributed by atoms with van der Waals surface area (Å²) in [6.07, 6.45) is -24.3. The number of nitrogens with one attached hydrogen (secondary N) is 3. The van der Waals surface area contributed by atoms with Crippen molar-refractivity contribution in [2.24, 2.45) is 0 Å². The summed E-state index contributed by atoms with van der Waals surface area (Å²) in [4.78, 5) is 114. The predicted molar refractivity (Wildman–Crippen MR) is 365 cm³/mol. The van der Waals surface area contributed by atoms with Gasteiger partial charge in [-0.25, -0.2) is 29.0 Å². The molecule has 6 aliphatic rings. The van der Waals surface area contributed by atoms with Gasteiger partial charge in [0.15, 0.2) is 47.7 Å². The SMILES string of the molecule is C=C1C[C@H]2C(O)N(C(=O)OCc3ccc(O[C@@H]4O[C@H](C(=O)O)[C@@H](O)[C@H](O)[C@H]4O)c(C(=O)NCCOC)c3)c3cc(OCCCCCOc4cc5c(cc4OC)C(=O)N4CC(=C)C[C@H]4C(O)N5C(=O)OCc4ccc(O[C@@H]5O[C@H](C(=O)O)[C@@H](O)[C@H](O)[C@H]5O)c(C(=O)NCCOCNC)c4)c(OC)cc3C(=O)N2C1. The van der Waals surface area contributed by atoms with Gasteiger partial charge in [-0.15, -0.1) is 0 Å². The number of carbonyl (C=O) groups is 8. The Hall–Kier alpha value is -10.0. The van der Waals surface area contributed by atoms with E-state index in [4.69, 9.17) is 56.8 Å². The highest BCUT2D eigenvalue weighted by Crippen LogP contribution is 2.45. The molecular weight excluding hydrogens is 1420 g/mol. The number of aliphatic hydroxyl groups excluding tert-OH is 8. The van der Waals surface area contributed by atoms with Crippen LogP contribution in [0.2, 0.25) is 0 Å². The van der Waals surface area contributed by atoms with Crippen molar-refractivity contribution < 1.29 is 146 Å². The number of unbranched alkanes of at least 4 members (excludes halogenated alkanes) is 2. The summed E-state index contributed by atoms with van der Waals surface area (Å²) in [5.41, 5.74) is 0.659. The van der Waals surface area contributed by atoms with Crippen molar-refractivity contribution in [1.82, 2.24) is 25.8 Å². The molecule has 37 heteroatoms. The van der Waals surface area contributed by atoms with Crippen LogP contribution >= 0.6 is 0 Å². The van der Waals surface area contributed by atoms with Crippen LogP contribution in [0.15, 0.2) is 85.0 Å². The van der Waals surface area contributed by atoms with Gasteiger partial charge in [0.1, 0.15) is 61.3 Å². The van der Waals surface area contributed by atoms with Gasteiger partial charge in [0.25, 0.3) is 23.6 Å². The number of hydrogen-bond acceptors (Lipinski definition) is 29. The molecule has 580 valence electrons. The number of nitrogens with zero attached hydrogens (tertiary/aromatic N) is 4. The molecule has 4 saturated heterocycles. The molecule has 0 saturated carbocycles. The van der Waals surface area contributed by atoms with Crippen molar-refractivity contribution in [3.63, 3.8) is 0 Å². The van der Waals surface area contributed by atoms with Gasteiger partial charge in [0.05, 0.1) is 93.1 Å². The van der Waals surface area contributed by atoms with E-state index in [2.05, 4.69) is 29.1 Å². The van der Waals surface area contributed by atoms with E-state index in [0.717, 1.165) is 9.80 Å². The quantitative estimate of drug-likeness (QED) is 0.0180. The maximum absolute atomic E-state index is 14.6. The monoisotopic (exact) mass is 1500 g/mol. The normalized spacial score (nSPS) is 25.3. The van der Waals surface area contributed by atoms with Gasteiger partial charge in [-0.2, -0.15) is 0 Å². The molecule has 107 heavy (non-hydrogen) atoms. The molecule has 6 amide bonds. The van der Waals surface area contributed by atoms with E-state index < -0.39 is 147 Å². The molecule has 14 atom stereocenters. The molecular formula is C70H85N7O30. The molecule has 0 bridgehead atoms. The Morgan fingerprint density at radius 1 is 0.523 bits per heavy atom. The Labute approximate surface area is 610 Å². The zero-order chi connectivity index (χ0) is 77.2. The van der Waals surface area contributed by atoms with Crippen LogP contribution in [-0.4, -0.2) is 282 Å². The second-order valence-corrected chi connectivity index (χ2v) is 25.7. The van der Waals surface area contributed by atoms with Crippen LogP contribution in [0.5, 0.6) is 34.5 Å². The Morgan fingerprint density at radius 3 is 1.34 bits per heavy atom. The van der Waals surface area contributed by atoms with Crippen molar-refractivity contribution in [2.45, 2.75) is 131 Å². The number of carboxylic acid groups (broad SMARTS) is 2. The molecule has 4 aromatic carbocycles. The highest BCUT2D eigenvalue weighted by molar-refractivity contribution is 6.07. The number of rotatable bonds is 30. The maximum Gasteiger partial charge on any atom is 0.416 e. The summed E-state index contributed by atoms with van der Waals surface area (Å²) < 4.78 is 68.0. The first-order valence-corrected chi connectivity index (χ1v) is 33.8. The zero-order valence-corrected chi connectivity index (χ0v) is 58.5. The highest BCUT2D eigenvalue weighted by atomic mass is 16.7. The van der Waals surface area contributed by atoms with Crippen molar-refractivity contribution in [1.29, 1.82) is 0 Å². The van der Waals surface area contributed by atoms with Crippen LogP contribution in [0.1, 0.15) is 84.7 Å². The van der Waals surface area contributed by atoms with Crippen LogP contribution in [0.4, 0.5) is 21.0 Å². The lowest BCUT2D eigenvalue weighted by Gasteiger charge is -2.38. The number of carboxylic acids is 2. The highest BCUT2D eigenvalue weighted by Gasteiger charge is 2.52. The summed E-state index contributed by atoms with van der Waals surface area (Å²) in [5, 5.41) is 114. The van der Waals surface area contributed by atoms with E-state index in [0.29, 0.717) is 30.4 Å². The van der Waals surface area contributed by atoms with Crippen LogP contribution in [0, 0.1) is 0 Å². The molecule has 0 spiro atoms. The van der Waals surface area contributed by atoms with Gasteiger partial charge in [-0.3, -0.25) is 24.5 Å². The average Bonchev–Trinajstić information content (AvgIpc) is 1.63. The number of aliphatic carboxylic acids is 2. The number of benzene rings is 4. The smallest absolute Gasteiger partial charge is 0.416 e. The lowest BCUT2D eigenvalue weighted by molar-refractivity contribution is -0.271. The summed E-state index contributed by atoms with van der Waals surface area (Å²) in [6, 6.07) is 11.1. The summed E-state index contributed by atoms with van der Waals surface area (Å²) in [7, 11) is 5.73. The number of hydrogen-bond donors (Lipinski definition) is 13. The van der Waals surface area contributed by atoms with Crippen LogP contribution in [0.3, 0.4) is 0 Å². The topological polar surface area (TPSA) is 499 Å². The van der Waals surface area contributed by atoms with Gasteiger partial charge in [-0.05, 0) is 86.7 Å². The van der Waals surface area contributed by atoms with Gasteiger partial charge in [0, 0.05) is 45.4 Å². The van der Waals surface area contributed by atoms with Crippen molar-refractivity contribution in [3.8, 4) is 34.5 Å². The van der Waals surface area contributed by atoms with E-state index in [-0.39, 0.29) is 151 Å². The van der Waals surface area contributed by atoms with Crippen molar-refractivity contribution in [3.05, 3.63) is 118 Å². The second kappa shape index (κ2) is 35.1. The number of anilines is 2. The van der Waals surface area contributed by atoms with E-state index >= 15 is 0 Å². The van der Waals surface area contributed by atoms with E-state index in [1.807, 2.05) is 0 Å². The van der Waals surface area contributed by atoms with E-state index in [1.165, 1.54) is 91.8 Å². The van der Waals surface area contributed by atoms with Gasteiger partial charge < -0.3 is 128 Å². The van der Waals surface area contributed by atoms with Gasteiger partial charge >= 0.3 is 24.1 Å². The number of amides is 6. The first-order valence-electron chi connectivity index (χ1n) is 33.8. The van der Waals surface area contributed by atoms with Crippen molar-refractivity contribution in [2.75, 3.05) is 97.5 Å². The first kappa shape index (κ1) is 79.6. The molecule has 2 unspecified atom stereocenters. The number of ether oxygens (including phenoxy) is 12. The molecule has 6 heterocycles. The molecule has 0 radical (unpaired) electrons.